The lowest BCUT2D eigenvalue weighted by atomic mass is 10.0. The number of benzene rings is 1. The molecule has 1 aromatic carbocycles. The highest BCUT2D eigenvalue weighted by molar-refractivity contribution is 7.71. The maximum atomic E-state index is 13.0. The molecule has 0 saturated heterocycles. The predicted octanol–water partition coefficient (Wildman–Crippen LogP) is 2.32. The third-order valence-electron chi connectivity index (χ3n) is 3.54. The molecule has 3 N–H and O–H groups in total. The molecule has 0 bridgehead atoms. The number of alkyl halides is 3. The van der Waals surface area contributed by atoms with E-state index in [0.717, 1.165) is 22.8 Å². The number of hydrogen-bond donors (Lipinski definition) is 3. The van der Waals surface area contributed by atoms with Gasteiger partial charge in [-0.1, -0.05) is 17.7 Å². The zero-order valence-corrected chi connectivity index (χ0v) is 15.9. The molecular formula is C15H14Cl2F3N3O3S. The molecule has 2 rings (SSSR count). The van der Waals surface area contributed by atoms with Crippen LogP contribution in [0, 0.1) is 5.41 Å². The Morgan fingerprint density at radius 1 is 1.22 bits per heavy atom. The van der Waals surface area contributed by atoms with Crippen molar-refractivity contribution in [1.82, 2.24) is 4.57 Å². The average molecular weight is 444 g/mol. The van der Waals surface area contributed by atoms with Crippen LogP contribution < -0.4 is 11.2 Å². The van der Waals surface area contributed by atoms with Crippen LogP contribution in [-0.4, -0.2) is 18.9 Å². The number of carbonyl (C=O) groups excluding carboxylic acids is 1. The molecule has 0 fully saturated rings. The normalized spacial score (nSPS) is 11.3. The highest BCUT2D eigenvalue weighted by Crippen LogP contribution is 2.31. The number of rotatable bonds is 5. The Bertz CT molecular complexity index is 996. The molecule has 12 heteroatoms. The second-order valence-electron chi connectivity index (χ2n) is 5.38. The Morgan fingerprint density at radius 2 is 1.85 bits per heavy atom. The average Bonchev–Trinajstić information content (AvgIpc) is 2.50. The molecule has 1 heterocycles. The molecule has 0 atom stereocenters. The highest BCUT2D eigenvalue weighted by atomic mass is 35.5. The maximum Gasteiger partial charge on any atom is 0.416 e. The predicted molar refractivity (Wildman–Crippen MR) is 95.6 cm³/mol. The highest BCUT2D eigenvalue weighted by Gasteiger charge is 2.31. The van der Waals surface area contributed by atoms with E-state index in [1.165, 1.54) is 12.3 Å². The summed E-state index contributed by atoms with van der Waals surface area (Å²) in [4.78, 5) is 11.4. The minimum absolute atomic E-state index is 0. The maximum absolute atomic E-state index is 13.0. The number of nitrogens with one attached hydrogen (secondary N) is 1. The van der Waals surface area contributed by atoms with E-state index in [1.54, 1.807) is 0 Å². The van der Waals surface area contributed by atoms with E-state index in [0.29, 0.717) is 0 Å². The Balaban J connectivity index is 0.00000364. The molecule has 0 aliphatic heterocycles. The number of nitrogens with two attached hydrogens (primary N) is 1. The van der Waals surface area contributed by atoms with Crippen molar-refractivity contribution in [1.29, 1.82) is 5.41 Å². The lowest BCUT2D eigenvalue weighted by Crippen LogP contribution is -2.30. The molecule has 0 saturated carbocycles. The summed E-state index contributed by atoms with van der Waals surface area (Å²) in [5.41, 5.74) is 3.84. The smallest absolute Gasteiger partial charge is 0.365 e. The van der Waals surface area contributed by atoms with Crippen molar-refractivity contribution in [2.75, 3.05) is 0 Å². The number of hydrogen-bond acceptors (Lipinski definition) is 4. The molecule has 0 aliphatic rings. The number of pyridine rings is 1. The lowest BCUT2D eigenvalue weighted by Gasteiger charge is -2.15. The number of halogens is 5. The van der Waals surface area contributed by atoms with Crippen LogP contribution in [0.4, 0.5) is 13.2 Å². The summed E-state index contributed by atoms with van der Waals surface area (Å²) in [6, 6.07) is 3.85. The number of amides is 1. The van der Waals surface area contributed by atoms with Gasteiger partial charge in [0.05, 0.1) is 21.9 Å². The van der Waals surface area contributed by atoms with Crippen LogP contribution in [0.3, 0.4) is 0 Å². The van der Waals surface area contributed by atoms with Crippen molar-refractivity contribution in [2.24, 2.45) is 5.73 Å². The summed E-state index contributed by atoms with van der Waals surface area (Å²) >= 11 is 5.87. The standard InChI is InChI=1S/C15H13ClF3N3O3S.ClH/c16-11-4-12(14(21)23)13(20)22(6-11)5-9-3-10(15(17,18)19)2-1-8(9)7-26(24)25;/h1-4,6,20,26H,5,7H2,(H2,21,23);1H. The quantitative estimate of drug-likeness (QED) is 0.617. The molecular weight excluding hydrogens is 430 g/mol. The van der Waals surface area contributed by atoms with E-state index in [-0.39, 0.29) is 46.2 Å². The first-order chi connectivity index (χ1) is 12.0. The minimum atomic E-state index is -4.62. The molecule has 1 aromatic heterocycles. The summed E-state index contributed by atoms with van der Waals surface area (Å²) < 4.78 is 62.0. The first kappa shape index (κ1) is 23.0. The molecule has 0 radical (unpaired) electrons. The van der Waals surface area contributed by atoms with Crippen LogP contribution in [0.15, 0.2) is 30.5 Å². The van der Waals surface area contributed by atoms with Gasteiger partial charge >= 0.3 is 6.18 Å². The van der Waals surface area contributed by atoms with Crippen LogP contribution in [0.1, 0.15) is 27.0 Å². The van der Waals surface area contributed by atoms with Gasteiger partial charge in [-0.15, -0.1) is 12.4 Å². The monoisotopic (exact) mass is 443 g/mol. The van der Waals surface area contributed by atoms with Gasteiger partial charge in [-0.25, -0.2) is 8.42 Å². The second-order valence-corrected chi connectivity index (χ2v) is 6.80. The van der Waals surface area contributed by atoms with E-state index in [9.17, 15) is 26.4 Å². The van der Waals surface area contributed by atoms with Crippen molar-refractivity contribution < 1.29 is 26.4 Å². The first-order valence-corrected chi connectivity index (χ1v) is 8.78. The molecule has 2 aromatic rings. The summed E-state index contributed by atoms with van der Waals surface area (Å²) in [7, 11) is -2.87. The van der Waals surface area contributed by atoms with Gasteiger partial charge in [0.25, 0.3) is 5.91 Å². The van der Waals surface area contributed by atoms with Gasteiger partial charge < -0.3 is 10.3 Å². The SMILES string of the molecule is Cl.N=c1c(C(N)=O)cc(Cl)cn1Cc1cc(C(F)(F)F)ccc1C[SH](=O)=O. The second kappa shape index (κ2) is 8.77. The first-order valence-electron chi connectivity index (χ1n) is 7.04. The van der Waals surface area contributed by atoms with Crippen LogP contribution in [0.5, 0.6) is 0 Å². The van der Waals surface area contributed by atoms with Crippen molar-refractivity contribution >= 4 is 40.6 Å². The zero-order valence-electron chi connectivity index (χ0n) is 13.4. The Labute approximate surface area is 164 Å². The summed E-state index contributed by atoms with van der Waals surface area (Å²) in [5.74, 6) is -1.38. The number of aromatic nitrogens is 1. The van der Waals surface area contributed by atoms with Gasteiger partial charge in [-0.3, -0.25) is 10.2 Å². The fraction of sp³-hybridized carbons (Fsp3) is 0.200. The van der Waals surface area contributed by atoms with Gasteiger partial charge in [0.2, 0.25) is 0 Å². The Kier molecular flexibility index (Phi) is 7.47. The van der Waals surface area contributed by atoms with Crippen molar-refractivity contribution in [3.8, 4) is 0 Å². The van der Waals surface area contributed by atoms with E-state index in [2.05, 4.69) is 0 Å². The Morgan fingerprint density at radius 3 is 2.37 bits per heavy atom. The fourth-order valence-corrected chi connectivity index (χ4v) is 3.16. The van der Waals surface area contributed by atoms with Gasteiger partial charge in [-0.2, -0.15) is 13.2 Å². The fourth-order valence-electron chi connectivity index (χ4n) is 2.35. The van der Waals surface area contributed by atoms with Gasteiger partial charge in [0.1, 0.15) is 16.2 Å². The van der Waals surface area contributed by atoms with Crippen molar-refractivity contribution in [3.05, 3.63) is 63.2 Å². The minimum Gasteiger partial charge on any atom is -0.365 e. The topological polar surface area (TPSA) is 106 Å². The van der Waals surface area contributed by atoms with E-state index < -0.39 is 34.1 Å². The third kappa shape index (κ3) is 5.72. The van der Waals surface area contributed by atoms with Crippen LogP contribution in [0.25, 0.3) is 0 Å². The summed E-state index contributed by atoms with van der Waals surface area (Å²) in [5, 5.41) is 8.03. The molecule has 27 heavy (non-hydrogen) atoms. The molecule has 0 spiro atoms. The molecule has 6 nitrogen and oxygen atoms in total. The van der Waals surface area contributed by atoms with E-state index in [4.69, 9.17) is 22.7 Å². The van der Waals surface area contributed by atoms with Gasteiger partial charge in [0, 0.05) is 12.7 Å². The largest absolute Gasteiger partial charge is 0.416 e. The number of primary amides is 1. The zero-order chi connectivity index (χ0) is 19.6. The van der Waals surface area contributed by atoms with Crippen molar-refractivity contribution in [2.45, 2.75) is 18.5 Å². The van der Waals surface area contributed by atoms with Gasteiger partial charge in [0.15, 0.2) is 0 Å². The third-order valence-corrected chi connectivity index (χ3v) is 4.35. The number of carbonyl (C=O) groups is 1. The molecule has 0 aliphatic carbocycles. The molecule has 1 amide bonds. The van der Waals surface area contributed by atoms with Crippen LogP contribution in [-0.2, 0) is 29.2 Å². The Hall–Kier alpha value is -2.04. The van der Waals surface area contributed by atoms with Crippen LogP contribution in [0.2, 0.25) is 5.02 Å². The van der Waals surface area contributed by atoms with E-state index >= 15 is 0 Å². The lowest BCUT2D eigenvalue weighted by molar-refractivity contribution is -0.137. The number of nitrogens with zero attached hydrogens (tertiary/aromatic N) is 1. The molecule has 0 unspecified atom stereocenters. The van der Waals surface area contributed by atoms with Crippen LogP contribution >= 0.6 is 24.0 Å². The summed E-state index contributed by atoms with van der Waals surface area (Å²) in [6.07, 6.45) is -3.37. The van der Waals surface area contributed by atoms with Gasteiger partial charge in [-0.05, 0) is 29.3 Å². The number of thiol groups is 1. The molecule has 148 valence electrons. The van der Waals surface area contributed by atoms with Crippen molar-refractivity contribution in [3.63, 3.8) is 0 Å². The summed E-state index contributed by atoms with van der Waals surface area (Å²) in [6.45, 7) is -0.290. The van der Waals surface area contributed by atoms with E-state index in [1.807, 2.05) is 0 Å².